The van der Waals surface area contributed by atoms with E-state index in [-0.39, 0.29) is 11.8 Å². The molecule has 4 heterocycles. The second kappa shape index (κ2) is 7.94. The predicted molar refractivity (Wildman–Crippen MR) is 115 cm³/mol. The molecule has 5 rings (SSSR count). The van der Waals surface area contributed by atoms with Gasteiger partial charge in [-0.2, -0.15) is 0 Å². The third kappa shape index (κ3) is 3.74. The number of nitrogens with one attached hydrogen (secondary N) is 1. The largest absolute Gasteiger partial charge is 0.463 e. The lowest BCUT2D eigenvalue weighted by Crippen LogP contribution is -2.38. The number of carbonyl (C=O) groups excluding carboxylic acids is 1. The Hall–Kier alpha value is -3.74. The Morgan fingerprint density at radius 1 is 1.03 bits per heavy atom. The number of anilines is 2. The number of amides is 1. The summed E-state index contributed by atoms with van der Waals surface area (Å²) in [5, 5.41) is 12.6. The van der Waals surface area contributed by atoms with Crippen LogP contribution in [0.25, 0.3) is 22.4 Å². The van der Waals surface area contributed by atoms with Crippen molar-refractivity contribution >= 4 is 28.3 Å². The number of fused-ring (bicyclic) bond motifs is 1. The summed E-state index contributed by atoms with van der Waals surface area (Å²) in [5.74, 6) is 1.55. The lowest BCUT2D eigenvalue weighted by atomic mass is 9.96. The number of hydrogen-bond donors (Lipinski definition) is 1. The molecule has 0 atom stereocenters. The summed E-state index contributed by atoms with van der Waals surface area (Å²) in [4.78, 5) is 19.3. The molecule has 0 radical (unpaired) electrons. The number of piperidine rings is 1. The van der Waals surface area contributed by atoms with Crippen LogP contribution in [0, 0.1) is 5.92 Å². The van der Waals surface area contributed by atoms with Crippen molar-refractivity contribution in [2.24, 2.45) is 5.92 Å². The average Bonchev–Trinajstić information content (AvgIpc) is 3.34. The van der Waals surface area contributed by atoms with Crippen LogP contribution in [0.1, 0.15) is 12.8 Å². The molecule has 7 nitrogen and oxygen atoms in total. The van der Waals surface area contributed by atoms with Crippen LogP contribution < -0.4 is 10.2 Å². The highest BCUT2D eigenvalue weighted by atomic mass is 16.3. The Kier molecular flexibility index (Phi) is 4.85. The minimum atomic E-state index is -0.0249. The molecule has 1 amide bonds. The Balaban J connectivity index is 1.19. The number of carbonyl (C=O) groups is 1. The molecule has 1 aromatic carbocycles. The van der Waals surface area contributed by atoms with Crippen molar-refractivity contribution in [2.45, 2.75) is 12.8 Å². The van der Waals surface area contributed by atoms with Crippen LogP contribution in [0.3, 0.4) is 0 Å². The summed E-state index contributed by atoms with van der Waals surface area (Å²) in [7, 11) is 0. The number of hydrogen-bond acceptors (Lipinski definition) is 6. The third-order valence-electron chi connectivity index (χ3n) is 5.47. The SMILES string of the molecule is O=C(Nc1cnc2ccccc2c1)C1CCN(c2ccc(-c3ccco3)nn2)CC1. The first-order valence-corrected chi connectivity index (χ1v) is 10.0. The number of aromatic nitrogens is 3. The highest BCUT2D eigenvalue weighted by molar-refractivity contribution is 5.94. The van der Waals surface area contributed by atoms with Crippen molar-refractivity contribution in [1.29, 1.82) is 0 Å². The van der Waals surface area contributed by atoms with E-state index in [1.165, 1.54) is 0 Å². The van der Waals surface area contributed by atoms with Crippen molar-refractivity contribution in [3.63, 3.8) is 0 Å². The minimum absolute atomic E-state index is 0.0249. The Bertz CT molecular complexity index is 1150. The monoisotopic (exact) mass is 399 g/mol. The summed E-state index contributed by atoms with van der Waals surface area (Å²) in [5.41, 5.74) is 2.37. The van der Waals surface area contributed by atoms with Crippen LogP contribution in [-0.4, -0.2) is 34.2 Å². The molecule has 1 aliphatic rings. The second-order valence-electron chi connectivity index (χ2n) is 7.42. The van der Waals surface area contributed by atoms with Crippen LogP contribution >= 0.6 is 0 Å². The highest BCUT2D eigenvalue weighted by Crippen LogP contribution is 2.25. The maximum absolute atomic E-state index is 12.7. The molecule has 0 saturated carbocycles. The van der Waals surface area contributed by atoms with Crippen molar-refractivity contribution in [2.75, 3.05) is 23.3 Å². The molecule has 7 heteroatoms. The molecular weight excluding hydrogens is 378 g/mol. The van der Waals surface area contributed by atoms with Crippen molar-refractivity contribution in [3.05, 3.63) is 67.1 Å². The van der Waals surface area contributed by atoms with E-state index in [4.69, 9.17) is 4.42 Å². The number of rotatable bonds is 4. The molecule has 1 saturated heterocycles. The van der Waals surface area contributed by atoms with Crippen molar-refractivity contribution in [3.8, 4) is 11.5 Å². The van der Waals surface area contributed by atoms with Crippen LogP contribution in [-0.2, 0) is 4.79 Å². The van der Waals surface area contributed by atoms with Gasteiger partial charge in [0.05, 0.1) is 23.7 Å². The summed E-state index contributed by atoms with van der Waals surface area (Å²) < 4.78 is 5.35. The van der Waals surface area contributed by atoms with Crippen molar-refractivity contribution < 1.29 is 9.21 Å². The Morgan fingerprint density at radius 2 is 1.90 bits per heavy atom. The van der Waals surface area contributed by atoms with Gasteiger partial charge in [-0.15, -0.1) is 10.2 Å². The van der Waals surface area contributed by atoms with E-state index in [9.17, 15) is 4.79 Å². The molecule has 1 aliphatic heterocycles. The van der Waals surface area contributed by atoms with Gasteiger partial charge in [-0.3, -0.25) is 9.78 Å². The number of benzene rings is 1. The van der Waals surface area contributed by atoms with Crippen LogP contribution in [0.2, 0.25) is 0 Å². The summed E-state index contributed by atoms with van der Waals surface area (Å²) >= 11 is 0. The van der Waals surface area contributed by atoms with Gasteiger partial charge in [0.25, 0.3) is 0 Å². The van der Waals surface area contributed by atoms with Crippen molar-refractivity contribution in [1.82, 2.24) is 15.2 Å². The number of nitrogens with zero attached hydrogens (tertiary/aromatic N) is 4. The van der Waals surface area contributed by atoms with Crippen LogP contribution in [0.15, 0.2) is 71.5 Å². The molecule has 30 heavy (non-hydrogen) atoms. The molecule has 0 aliphatic carbocycles. The van der Waals surface area contributed by atoms with Gasteiger partial charge < -0.3 is 14.6 Å². The topological polar surface area (TPSA) is 84.2 Å². The fraction of sp³-hybridized carbons (Fsp3) is 0.217. The molecule has 4 aromatic rings. The van der Waals surface area contributed by atoms with Gasteiger partial charge >= 0.3 is 0 Å². The third-order valence-corrected chi connectivity index (χ3v) is 5.47. The predicted octanol–water partition coefficient (Wildman–Crippen LogP) is 4.14. The van der Waals surface area contributed by atoms with Gasteiger partial charge in [0.1, 0.15) is 5.69 Å². The average molecular weight is 399 g/mol. The van der Waals surface area contributed by atoms with Crippen LogP contribution in [0.4, 0.5) is 11.5 Å². The fourth-order valence-electron chi connectivity index (χ4n) is 3.80. The second-order valence-corrected chi connectivity index (χ2v) is 7.42. The zero-order valence-electron chi connectivity index (χ0n) is 16.4. The molecule has 3 aromatic heterocycles. The zero-order valence-corrected chi connectivity index (χ0v) is 16.4. The van der Waals surface area contributed by atoms with Crippen LogP contribution in [0.5, 0.6) is 0 Å². The van der Waals surface area contributed by atoms with Gasteiger partial charge in [0.15, 0.2) is 11.6 Å². The standard InChI is InChI=1S/C23H21N5O2/c29-23(25-18-14-17-4-1-2-5-19(17)24-15-18)16-9-11-28(12-10-16)22-8-7-20(26-27-22)21-6-3-13-30-21/h1-8,13-16H,9-12H2,(H,25,29). The summed E-state index contributed by atoms with van der Waals surface area (Å²) in [6.45, 7) is 1.53. The van der Waals surface area contributed by atoms with E-state index in [2.05, 4.69) is 25.4 Å². The molecule has 150 valence electrons. The Labute approximate surface area is 173 Å². The first-order chi connectivity index (χ1) is 14.8. The summed E-state index contributed by atoms with van der Waals surface area (Å²) in [6, 6.07) is 17.4. The van der Waals surface area contributed by atoms with E-state index in [0.29, 0.717) is 11.5 Å². The van der Waals surface area contributed by atoms with Gasteiger partial charge in [-0.05, 0) is 49.2 Å². The van der Waals surface area contributed by atoms with Gasteiger partial charge in [0.2, 0.25) is 5.91 Å². The highest BCUT2D eigenvalue weighted by Gasteiger charge is 2.26. The Morgan fingerprint density at radius 3 is 2.67 bits per heavy atom. The number of pyridine rings is 1. The maximum Gasteiger partial charge on any atom is 0.227 e. The lowest BCUT2D eigenvalue weighted by molar-refractivity contribution is -0.120. The number of para-hydroxylation sites is 1. The fourth-order valence-corrected chi connectivity index (χ4v) is 3.80. The molecule has 1 N–H and O–H groups in total. The molecule has 1 fully saturated rings. The minimum Gasteiger partial charge on any atom is -0.463 e. The van der Waals surface area contributed by atoms with Gasteiger partial charge in [-0.1, -0.05) is 18.2 Å². The first-order valence-electron chi connectivity index (χ1n) is 10.0. The molecule has 0 unspecified atom stereocenters. The number of furan rings is 1. The van der Waals surface area contributed by atoms with Gasteiger partial charge in [-0.25, -0.2) is 0 Å². The molecular formula is C23H21N5O2. The molecule has 0 spiro atoms. The smallest absolute Gasteiger partial charge is 0.227 e. The summed E-state index contributed by atoms with van der Waals surface area (Å²) in [6.07, 6.45) is 4.88. The van der Waals surface area contributed by atoms with E-state index < -0.39 is 0 Å². The quantitative estimate of drug-likeness (QED) is 0.555. The maximum atomic E-state index is 12.7. The van der Waals surface area contributed by atoms with Gasteiger partial charge in [0, 0.05) is 24.4 Å². The molecule has 0 bridgehead atoms. The zero-order chi connectivity index (χ0) is 20.3. The lowest BCUT2D eigenvalue weighted by Gasteiger charge is -2.31. The van der Waals surface area contributed by atoms with E-state index in [1.54, 1.807) is 12.5 Å². The normalized spacial score (nSPS) is 14.7. The first kappa shape index (κ1) is 18.3. The van der Waals surface area contributed by atoms with E-state index >= 15 is 0 Å². The van der Waals surface area contributed by atoms with E-state index in [0.717, 1.165) is 48.3 Å². The van der Waals surface area contributed by atoms with E-state index in [1.807, 2.05) is 54.6 Å².